The van der Waals surface area contributed by atoms with Gasteiger partial charge in [-0.1, -0.05) is 18.2 Å². The van der Waals surface area contributed by atoms with Gasteiger partial charge in [-0.25, -0.2) is 0 Å². The van der Waals surface area contributed by atoms with Gasteiger partial charge < -0.3 is 5.73 Å². The molecule has 0 bridgehead atoms. The van der Waals surface area contributed by atoms with Crippen LogP contribution in [0.5, 0.6) is 0 Å². The number of rotatable bonds is 0. The Hall–Kier alpha value is -0.690. The average Bonchev–Trinajstić information content (AvgIpc) is 1.82. The highest BCUT2D eigenvalue weighted by Gasteiger charge is 1.72. The van der Waals surface area contributed by atoms with Crippen molar-refractivity contribution < 1.29 is 4.11 Å². The molecule has 0 unspecified atom stereocenters. The van der Waals surface area contributed by atoms with E-state index in [2.05, 4.69) is 0 Å². The summed E-state index contributed by atoms with van der Waals surface area (Å²) in [7, 11) is 0. The van der Waals surface area contributed by atoms with Gasteiger partial charge in [0.25, 0.3) is 0 Å². The van der Waals surface area contributed by atoms with E-state index in [1.807, 2.05) is 0 Å². The molecule has 0 atom stereocenters. The third-order valence-corrected chi connectivity index (χ3v) is 0.622. The number of anilines is 1. The minimum Gasteiger partial charge on any atom is -0.399 e. The minimum atomic E-state index is 0. The number of hydrogen-bond acceptors (Lipinski definition) is 1. The Morgan fingerprint density at radius 1 is 1.38 bits per heavy atom. The lowest BCUT2D eigenvalue weighted by atomic mass is 10.3. The van der Waals surface area contributed by atoms with Crippen LogP contribution in [0.25, 0.3) is 0 Å². The molecule has 8 heavy (non-hydrogen) atoms. The zero-order valence-electron chi connectivity index (χ0n) is 7.14. The van der Waals surface area contributed by atoms with Crippen LogP contribution in [-0.4, -0.2) is 0 Å². The van der Waals surface area contributed by atoms with Crippen LogP contribution >= 0.6 is 12.4 Å². The van der Waals surface area contributed by atoms with E-state index in [0.717, 1.165) is 0 Å². The van der Waals surface area contributed by atoms with Gasteiger partial charge >= 0.3 is 0 Å². The van der Waals surface area contributed by atoms with E-state index < -0.39 is 0 Å². The van der Waals surface area contributed by atoms with Crippen molar-refractivity contribution in [2.45, 2.75) is 0 Å². The molecule has 0 aliphatic carbocycles. The molecule has 2 N–H and O–H groups in total. The van der Waals surface area contributed by atoms with Gasteiger partial charge in [0.05, 0.1) is 4.11 Å². The number of halogens is 1. The van der Waals surface area contributed by atoms with Crippen molar-refractivity contribution in [3.8, 4) is 0 Å². The van der Waals surface area contributed by atoms with Gasteiger partial charge in [0.1, 0.15) is 0 Å². The second-order valence-corrected chi connectivity index (χ2v) is 1.16. The fraction of sp³-hybridized carbons (Fsp3) is 0. The van der Waals surface area contributed by atoms with Crippen molar-refractivity contribution >= 4 is 18.1 Å². The molecule has 1 nitrogen and oxygen atoms in total. The van der Waals surface area contributed by atoms with Crippen molar-refractivity contribution in [3.63, 3.8) is 0 Å². The molecule has 0 spiro atoms. The minimum absolute atomic E-state index is 0. The lowest BCUT2D eigenvalue weighted by molar-refractivity contribution is 1.69. The number of nitrogen functional groups attached to an aromatic ring is 1. The molecular weight excluding hydrogens is 122 g/mol. The summed E-state index contributed by atoms with van der Waals surface area (Å²) in [5.74, 6) is 0. The fourth-order valence-electron chi connectivity index (χ4n) is 0.322. The van der Waals surface area contributed by atoms with Gasteiger partial charge in [0.15, 0.2) is 0 Å². The molecule has 0 radical (unpaired) electrons. The summed E-state index contributed by atoms with van der Waals surface area (Å²) in [5.41, 5.74) is 5.43. The number of benzene rings is 1. The first-order valence-corrected chi connectivity index (χ1v) is 1.94. The normalized spacial score (nSPS) is 12.8. The van der Waals surface area contributed by atoms with E-state index in [1.165, 1.54) is 12.1 Å². The SMILES string of the molecule is Cl.[2H]c1cc([2H])c(N)c([2H])c1. The molecule has 0 amide bonds. The summed E-state index contributed by atoms with van der Waals surface area (Å²) in [5, 5.41) is 0. The lowest BCUT2D eigenvalue weighted by Gasteiger charge is -1.83. The van der Waals surface area contributed by atoms with Gasteiger partial charge in [0.2, 0.25) is 0 Å². The third kappa shape index (κ3) is 1.85. The van der Waals surface area contributed by atoms with E-state index in [4.69, 9.17) is 9.85 Å². The molecule has 0 saturated heterocycles. The quantitative estimate of drug-likeness (QED) is 0.535. The first-order chi connectivity index (χ1) is 4.61. The molecule has 2 heteroatoms. The summed E-state index contributed by atoms with van der Waals surface area (Å²) in [6.07, 6.45) is 0. The number of nitrogens with two attached hydrogens (primary N) is 1. The molecule has 0 aliphatic heterocycles. The molecule has 1 aromatic rings. The van der Waals surface area contributed by atoms with Crippen molar-refractivity contribution in [2.24, 2.45) is 0 Å². The fourth-order valence-corrected chi connectivity index (χ4v) is 0.322. The molecule has 0 heterocycles. The zero-order valence-corrected chi connectivity index (χ0v) is 4.96. The zero-order chi connectivity index (χ0) is 7.72. The van der Waals surface area contributed by atoms with Gasteiger partial charge in [-0.2, -0.15) is 0 Å². The second kappa shape index (κ2) is 3.33. The topological polar surface area (TPSA) is 26.0 Å². The van der Waals surface area contributed by atoms with Crippen molar-refractivity contribution in [1.29, 1.82) is 0 Å². The standard InChI is InChI=1S/C6H7N.ClH/c7-6-4-2-1-3-5-6;/h1-5H,7H2;1H/i1D,4D,5D;. The smallest absolute Gasteiger partial charge is 0.0644 e. The van der Waals surface area contributed by atoms with E-state index >= 15 is 0 Å². The first-order valence-electron chi connectivity index (χ1n) is 3.44. The number of hydrogen-bond donors (Lipinski definition) is 1. The predicted octanol–water partition coefficient (Wildman–Crippen LogP) is 1.69. The Morgan fingerprint density at radius 2 is 1.88 bits per heavy atom. The summed E-state index contributed by atoms with van der Waals surface area (Å²) in [6, 6.07) is 2.89. The maximum atomic E-state index is 7.14. The van der Waals surface area contributed by atoms with E-state index in [1.54, 1.807) is 0 Å². The molecule has 0 fully saturated rings. The van der Waals surface area contributed by atoms with E-state index in [9.17, 15) is 0 Å². The van der Waals surface area contributed by atoms with Crippen LogP contribution < -0.4 is 5.73 Å². The maximum absolute atomic E-state index is 7.14. The maximum Gasteiger partial charge on any atom is 0.0644 e. The van der Waals surface area contributed by atoms with Crippen LogP contribution in [0.2, 0.25) is 0 Å². The second-order valence-electron chi connectivity index (χ2n) is 1.16. The predicted molar refractivity (Wildman–Crippen MR) is 38.1 cm³/mol. The monoisotopic (exact) mass is 132 g/mol. The highest BCUT2D eigenvalue weighted by Crippen LogP contribution is 1.95. The Labute approximate surface area is 59.1 Å². The molecule has 1 aromatic carbocycles. The van der Waals surface area contributed by atoms with Gasteiger partial charge in [-0.15, -0.1) is 12.4 Å². The summed E-state index contributed by atoms with van der Waals surface area (Å²) < 4.78 is 21.4. The van der Waals surface area contributed by atoms with Crippen LogP contribution in [0, 0.1) is 0 Å². The van der Waals surface area contributed by atoms with Gasteiger partial charge in [-0.05, 0) is 12.1 Å². The Balaban J connectivity index is 0.000001000. The summed E-state index contributed by atoms with van der Waals surface area (Å²) in [4.78, 5) is 0. The van der Waals surface area contributed by atoms with Crippen molar-refractivity contribution in [3.05, 3.63) is 30.3 Å². The average molecular weight is 133 g/mol. The number of para-hydroxylation sites is 1. The van der Waals surface area contributed by atoms with Gasteiger partial charge in [0, 0.05) is 5.69 Å². The van der Waals surface area contributed by atoms with Crippen LogP contribution in [0.3, 0.4) is 0 Å². The molecular formula is C6H8ClN. The van der Waals surface area contributed by atoms with E-state index in [-0.39, 0.29) is 36.2 Å². The Morgan fingerprint density at radius 3 is 2.38 bits per heavy atom. The highest BCUT2D eigenvalue weighted by molar-refractivity contribution is 5.85. The van der Waals surface area contributed by atoms with Crippen LogP contribution in [0.4, 0.5) is 5.69 Å². The summed E-state index contributed by atoms with van der Waals surface area (Å²) in [6.45, 7) is 0. The van der Waals surface area contributed by atoms with Crippen molar-refractivity contribution in [2.75, 3.05) is 5.73 Å². The van der Waals surface area contributed by atoms with Crippen LogP contribution in [0.1, 0.15) is 4.11 Å². The Bertz CT molecular complexity index is 241. The lowest BCUT2D eigenvalue weighted by Crippen LogP contribution is -1.79. The van der Waals surface area contributed by atoms with E-state index in [0.29, 0.717) is 0 Å². The van der Waals surface area contributed by atoms with Crippen LogP contribution in [-0.2, 0) is 0 Å². The molecule has 0 aliphatic rings. The highest BCUT2D eigenvalue weighted by atomic mass is 35.5. The van der Waals surface area contributed by atoms with Crippen molar-refractivity contribution in [1.82, 2.24) is 0 Å². The molecule has 1 rings (SSSR count). The largest absolute Gasteiger partial charge is 0.399 e. The summed E-state index contributed by atoms with van der Waals surface area (Å²) >= 11 is 0. The molecule has 0 aromatic heterocycles. The van der Waals surface area contributed by atoms with Gasteiger partial charge in [-0.3, -0.25) is 0 Å². The first kappa shape index (κ1) is 3.36. The molecule has 44 valence electrons. The third-order valence-electron chi connectivity index (χ3n) is 0.622. The Kier molecular flexibility index (Phi) is 1.40. The van der Waals surface area contributed by atoms with Crippen LogP contribution in [0.15, 0.2) is 30.3 Å². The molecule has 0 saturated carbocycles.